The fraction of sp³-hybridized carbons (Fsp3) is 0.500. The first kappa shape index (κ1) is 11.4. The van der Waals surface area contributed by atoms with Gasteiger partial charge in [-0.1, -0.05) is 39.8 Å². The molecule has 0 aromatic heterocycles. The minimum absolute atomic E-state index is 0.133. The molecular formula is C12H17OP. The van der Waals surface area contributed by atoms with E-state index in [1.54, 1.807) is 0 Å². The Morgan fingerprint density at radius 2 is 1.71 bits per heavy atom. The van der Waals surface area contributed by atoms with Gasteiger partial charge in [0.15, 0.2) is 8.46 Å². The van der Waals surface area contributed by atoms with Gasteiger partial charge in [-0.25, -0.2) is 0 Å². The monoisotopic (exact) mass is 208 g/mol. The van der Waals surface area contributed by atoms with Crippen LogP contribution >= 0.6 is 8.46 Å². The third-order valence-corrected chi connectivity index (χ3v) is 3.03. The third kappa shape index (κ3) is 2.42. The quantitative estimate of drug-likeness (QED) is 0.689. The van der Waals surface area contributed by atoms with E-state index in [4.69, 9.17) is 0 Å². The van der Waals surface area contributed by atoms with E-state index in [1.807, 2.05) is 0 Å². The van der Waals surface area contributed by atoms with Crippen LogP contribution in [0.2, 0.25) is 0 Å². The van der Waals surface area contributed by atoms with Crippen LogP contribution in [0.25, 0.3) is 0 Å². The normalized spacial score (nSPS) is 11.6. The van der Waals surface area contributed by atoms with Gasteiger partial charge in [0.25, 0.3) is 0 Å². The molecule has 0 saturated heterocycles. The van der Waals surface area contributed by atoms with Gasteiger partial charge >= 0.3 is 0 Å². The predicted molar refractivity (Wildman–Crippen MR) is 61.9 cm³/mol. The van der Waals surface area contributed by atoms with Crippen molar-refractivity contribution in [3.05, 3.63) is 29.3 Å². The smallest absolute Gasteiger partial charge is 0.192 e. The molecule has 0 amide bonds. The van der Waals surface area contributed by atoms with Gasteiger partial charge in [-0.15, -0.1) is 0 Å². The molecule has 0 aliphatic rings. The zero-order valence-corrected chi connectivity index (χ0v) is 10.1. The van der Waals surface area contributed by atoms with Crippen molar-refractivity contribution in [1.29, 1.82) is 0 Å². The molecule has 0 saturated carbocycles. The highest BCUT2D eigenvalue weighted by atomic mass is 31.1. The summed E-state index contributed by atoms with van der Waals surface area (Å²) in [5.41, 5.74) is 2.44. The lowest BCUT2D eigenvalue weighted by atomic mass is 9.97. The second-order valence-corrected chi connectivity index (χ2v) is 4.88. The molecular weight excluding hydrogens is 191 g/mol. The van der Waals surface area contributed by atoms with Crippen molar-refractivity contribution >= 4 is 13.8 Å². The highest BCUT2D eigenvalue weighted by molar-refractivity contribution is 7.34. The van der Waals surface area contributed by atoms with E-state index in [9.17, 15) is 4.57 Å². The topological polar surface area (TPSA) is 17.1 Å². The van der Waals surface area contributed by atoms with E-state index >= 15 is 0 Å². The van der Waals surface area contributed by atoms with Crippen LogP contribution in [0.3, 0.4) is 0 Å². The van der Waals surface area contributed by atoms with Crippen LogP contribution in [0.5, 0.6) is 0 Å². The molecule has 0 aliphatic heterocycles. The highest BCUT2D eigenvalue weighted by Gasteiger charge is 2.08. The first-order valence-corrected chi connectivity index (χ1v) is 5.84. The van der Waals surface area contributed by atoms with Crippen molar-refractivity contribution in [2.45, 2.75) is 39.5 Å². The van der Waals surface area contributed by atoms with Gasteiger partial charge in [-0.05, 0) is 29.0 Å². The Labute approximate surface area is 87.7 Å². The first-order valence-electron chi connectivity index (χ1n) is 5.03. The van der Waals surface area contributed by atoms with Crippen LogP contribution in [0.4, 0.5) is 0 Å². The van der Waals surface area contributed by atoms with E-state index in [-0.39, 0.29) is 8.46 Å². The summed E-state index contributed by atoms with van der Waals surface area (Å²) in [6, 6.07) is 6.28. The molecule has 1 nitrogen and oxygen atoms in total. The molecule has 0 spiro atoms. The number of hydrogen-bond acceptors (Lipinski definition) is 1. The van der Waals surface area contributed by atoms with E-state index in [2.05, 4.69) is 45.9 Å². The summed E-state index contributed by atoms with van der Waals surface area (Å²) in [6.45, 7) is 8.55. The van der Waals surface area contributed by atoms with E-state index in [1.165, 1.54) is 11.1 Å². The van der Waals surface area contributed by atoms with Crippen LogP contribution in [0.1, 0.15) is 50.7 Å². The molecule has 0 radical (unpaired) electrons. The second kappa shape index (κ2) is 4.70. The van der Waals surface area contributed by atoms with Gasteiger partial charge in [0.2, 0.25) is 0 Å². The van der Waals surface area contributed by atoms with Crippen LogP contribution in [-0.4, -0.2) is 0 Å². The highest BCUT2D eigenvalue weighted by Crippen LogP contribution is 2.20. The molecule has 1 rings (SSSR count). The summed E-state index contributed by atoms with van der Waals surface area (Å²) in [5.74, 6) is 0.935. The number of benzene rings is 1. The van der Waals surface area contributed by atoms with Crippen molar-refractivity contribution in [2.75, 3.05) is 0 Å². The molecule has 0 atom stereocenters. The Hall–Kier alpha value is -0.680. The van der Waals surface area contributed by atoms with Crippen molar-refractivity contribution in [3.8, 4) is 0 Å². The fourth-order valence-corrected chi connectivity index (χ4v) is 2.13. The second-order valence-electron chi connectivity index (χ2n) is 4.22. The lowest BCUT2D eigenvalue weighted by Crippen LogP contribution is -2.06. The van der Waals surface area contributed by atoms with Crippen molar-refractivity contribution in [3.63, 3.8) is 0 Å². The maximum absolute atomic E-state index is 11.0. The van der Waals surface area contributed by atoms with Gasteiger partial charge in [-0.3, -0.25) is 4.57 Å². The summed E-state index contributed by atoms with van der Waals surface area (Å²) in [6.07, 6.45) is 0. The minimum atomic E-state index is 0.133. The Kier molecular flexibility index (Phi) is 3.83. The number of rotatable bonds is 3. The molecule has 0 aliphatic carbocycles. The van der Waals surface area contributed by atoms with Crippen molar-refractivity contribution in [1.82, 2.24) is 0 Å². The lowest BCUT2D eigenvalue weighted by molar-refractivity contribution is 0.602. The van der Waals surface area contributed by atoms with Crippen molar-refractivity contribution < 1.29 is 4.57 Å². The molecule has 14 heavy (non-hydrogen) atoms. The minimum Gasteiger partial charge on any atom is -0.269 e. The Morgan fingerprint density at radius 1 is 1.07 bits per heavy atom. The number of hydrogen-bond donors (Lipinski definition) is 0. The fourth-order valence-electron chi connectivity index (χ4n) is 1.49. The zero-order valence-electron chi connectivity index (χ0n) is 9.24. The molecule has 0 unspecified atom stereocenters. The van der Waals surface area contributed by atoms with Crippen LogP contribution in [-0.2, 0) is 4.57 Å². The average molecular weight is 208 g/mol. The largest absolute Gasteiger partial charge is 0.269 e. The molecule has 0 fully saturated rings. The molecule has 0 heterocycles. The molecule has 2 heteroatoms. The van der Waals surface area contributed by atoms with Gasteiger partial charge in [0.05, 0.1) is 0 Å². The summed E-state index contributed by atoms with van der Waals surface area (Å²) in [4.78, 5) is 0. The van der Waals surface area contributed by atoms with Crippen LogP contribution < -0.4 is 5.30 Å². The molecule has 0 bridgehead atoms. The Morgan fingerprint density at radius 3 is 2.14 bits per heavy atom. The van der Waals surface area contributed by atoms with E-state index in [0.717, 1.165) is 5.30 Å². The Bertz CT molecular complexity index is 329. The SMILES string of the molecule is CC(C)c1ccc(C(C)C)c(P=O)c1. The molecule has 1 aromatic carbocycles. The average Bonchev–Trinajstić information content (AvgIpc) is 2.16. The predicted octanol–water partition coefficient (Wildman–Crippen LogP) is 3.85. The van der Waals surface area contributed by atoms with Crippen LogP contribution in [0.15, 0.2) is 18.2 Å². The zero-order chi connectivity index (χ0) is 10.7. The molecule has 76 valence electrons. The van der Waals surface area contributed by atoms with E-state index in [0.29, 0.717) is 11.8 Å². The van der Waals surface area contributed by atoms with Gasteiger partial charge in [-0.2, -0.15) is 0 Å². The van der Waals surface area contributed by atoms with Crippen molar-refractivity contribution in [2.24, 2.45) is 0 Å². The molecule has 0 N–H and O–H groups in total. The summed E-state index contributed by atoms with van der Waals surface area (Å²) in [5, 5.41) is 0.936. The maximum Gasteiger partial charge on any atom is 0.192 e. The van der Waals surface area contributed by atoms with Gasteiger partial charge in [0.1, 0.15) is 0 Å². The van der Waals surface area contributed by atoms with Gasteiger partial charge in [0, 0.05) is 5.30 Å². The summed E-state index contributed by atoms with van der Waals surface area (Å²) >= 11 is 0. The first-order chi connectivity index (χ1) is 6.56. The van der Waals surface area contributed by atoms with Crippen LogP contribution in [0, 0.1) is 0 Å². The summed E-state index contributed by atoms with van der Waals surface area (Å²) in [7, 11) is 0.133. The maximum atomic E-state index is 11.0. The van der Waals surface area contributed by atoms with Gasteiger partial charge < -0.3 is 0 Å². The molecule has 1 aromatic rings. The standard InChI is InChI=1S/C12H17OP/c1-8(2)10-5-6-11(9(3)4)12(7-10)14-13/h5-9H,1-4H3. The summed E-state index contributed by atoms with van der Waals surface area (Å²) < 4.78 is 11.0. The van der Waals surface area contributed by atoms with E-state index < -0.39 is 0 Å². The lowest BCUT2D eigenvalue weighted by Gasteiger charge is -2.11. The third-order valence-electron chi connectivity index (χ3n) is 2.44. The Balaban J connectivity index is 3.18.